The molecule has 3 aromatic rings. The molecule has 0 aliphatic carbocycles. The van der Waals surface area contributed by atoms with Gasteiger partial charge in [0, 0.05) is 43.6 Å². The lowest BCUT2D eigenvalue weighted by Crippen LogP contribution is -2.40. The molecule has 31 heavy (non-hydrogen) atoms. The number of nitrogens with one attached hydrogen (secondary N) is 1. The van der Waals surface area contributed by atoms with Crippen molar-refractivity contribution in [3.63, 3.8) is 0 Å². The molecule has 0 atom stereocenters. The molecular formula is C23H29N5O2S. The first-order valence-electron chi connectivity index (χ1n) is 11.3. The van der Waals surface area contributed by atoms with Gasteiger partial charge in [0.25, 0.3) is 5.56 Å². The first-order valence-corrected chi connectivity index (χ1v) is 12.2. The van der Waals surface area contributed by atoms with E-state index in [4.69, 9.17) is 4.98 Å². The van der Waals surface area contributed by atoms with Crippen LogP contribution in [0.25, 0.3) is 5.65 Å². The van der Waals surface area contributed by atoms with Crippen molar-refractivity contribution >= 4 is 22.9 Å². The number of aromatic amines is 1. The van der Waals surface area contributed by atoms with Crippen LogP contribution in [0.4, 0.5) is 0 Å². The monoisotopic (exact) mass is 439 g/mol. The molecule has 0 aromatic carbocycles. The second kappa shape index (κ2) is 8.59. The number of aromatic nitrogens is 3. The third-order valence-corrected chi connectivity index (χ3v) is 7.34. The van der Waals surface area contributed by atoms with E-state index >= 15 is 0 Å². The molecule has 0 bridgehead atoms. The molecule has 5 heterocycles. The predicted molar refractivity (Wildman–Crippen MR) is 121 cm³/mol. The van der Waals surface area contributed by atoms with Crippen LogP contribution in [-0.2, 0) is 24.3 Å². The number of thiophene rings is 1. The fraction of sp³-hybridized carbons (Fsp3) is 0.522. The minimum absolute atomic E-state index is 0.0601. The number of H-pyrrole nitrogens is 1. The van der Waals surface area contributed by atoms with Crippen LogP contribution in [0.3, 0.4) is 0 Å². The zero-order valence-electron chi connectivity index (χ0n) is 18.0. The van der Waals surface area contributed by atoms with Crippen molar-refractivity contribution in [3.8, 4) is 0 Å². The van der Waals surface area contributed by atoms with Crippen LogP contribution in [0.2, 0.25) is 0 Å². The Morgan fingerprint density at radius 1 is 1.29 bits per heavy atom. The van der Waals surface area contributed by atoms with Gasteiger partial charge in [-0.3, -0.25) is 19.6 Å². The van der Waals surface area contributed by atoms with Gasteiger partial charge in [-0.1, -0.05) is 6.92 Å². The van der Waals surface area contributed by atoms with Gasteiger partial charge < -0.3 is 4.90 Å². The lowest BCUT2D eigenvalue weighted by molar-refractivity contribution is -0.132. The van der Waals surface area contributed by atoms with Gasteiger partial charge in [-0.25, -0.2) is 9.50 Å². The summed E-state index contributed by atoms with van der Waals surface area (Å²) >= 11 is 1.75. The number of nitrogens with zero attached hydrogens (tertiary/aromatic N) is 4. The lowest BCUT2D eigenvalue weighted by atomic mass is 9.93. The van der Waals surface area contributed by atoms with Crippen LogP contribution in [0.5, 0.6) is 0 Å². The third-order valence-electron chi connectivity index (χ3n) is 6.61. The fourth-order valence-corrected chi connectivity index (χ4v) is 5.50. The molecule has 2 aliphatic heterocycles. The van der Waals surface area contributed by atoms with E-state index in [1.54, 1.807) is 20.8 Å². The van der Waals surface area contributed by atoms with Crippen molar-refractivity contribution in [2.75, 3.05) is 19.6 Å². The van der Waals surface area contributed by atoms with Gasteiger partial charge in [-0.2, -0.15) is 11.3 Å². The van der Waals surface area contributed by atoms with Crippen LogP contribution < -0.4 is 5.56 Å². The highest BCUT2D eigenvalue weighted by Gasteiger charge is 2.27. The summed E-state index contributed by atoms with van der Waals surface area (Å²) in [5.41, 5.74) is 4.64. The molecule has 0 unspecified atom stereocenters. The van der Waals surface area contributed by atoms with E-state index in [9.17, 15) is 9.59 Å². The number of carbonyl (C=O) groups excluding carboxylic acids is 1. The molecule has 1 saturated heterocycles. The third kappa shape index (κ3) is 4.06. The molecule has 164 valence electrons. The van der Waals surface area contributed by atoms with Crippen molar-refractivity contribution in [2.24, 2.45) is 0 Å². The number of piperidine rings is 1. The number of rotatable bonds is 5. The molecule has 0 spiro atoms. The Balaban J connectivity index is 1.32. The molecule has 1 N–H and O–H groups in total. The minimum atomic E-state index is -0.0601. The number of hydrogen-bond donors (Lipinski definition) is 1. The first-order chi connectivity index (χ1) is 15.1. The predicted octanol–water partition coefficient (Wildman–Crippen LogP) is 3.15. The highest BCUT2D eigenvalue weighted by Crippen LogP contribution is 2.28. The zero-order valence-corrected chi connectivity index (χ0v) is 18.8. The largest absolute Gasteiger partial charge is 0.338 e. The fourth-order valence-electron chi connectivity index (χ4n) is 4.84. The van der Waals surface area contributed by atoms with Crippen LogP contribution in [-0.4, -0.2) is 49.9 Å². The SMILES string of the molecule is CCCC(=O)N1CCc2nc3cc(C4CCN(Cc5ccsc5)CC4)[nH]n3c(=O)c2C1. The van der Waals surface area contributed by atoms with Crippen LogP contribution in [0.1, 0.15) is 61.0 Å². The Bertz CT molecular complexity index is 1120. The Morgan fingerprint density at radius 3 is 2.87 bits per heavy atom. The van der Waals surface area contributed by atoms with E-state index < -0.39 is 0 Å². The standard InChI is InChI=1S/C23H29N5O2S/c1-2-3-22(29)27-10-6-19-18(14-27)23(30)28-21(24-19)12-20(25-28)17-4-8-26(9-5-17)13-16-7-11-31-15-16/h7,11-12,15,17,25H,2-6,8-10,13-14H2,1H3. The highest BCUT2D eigenvalue weighted by atomic mass is 32.1. The normalized spacial score (nSPS) is 17.9. The second-order valence-electron chi connectivity index (χ2n) is 8.74. The van der Waals surface area contributed by atoms with Crippen molar-refractivity contribution in [3.05, 3.63) is 55.8 Å². The molecule has 7 nitrogen and oxygen atoms in total. The summed E-state index contributed by atoms with van der Waals surface area (Å²) in [6, 6.07) is 4.25. The van der Waals surface area contributed by atoms with E-state index in [-0.39, 0.29) is 11.5 Å². The summed E-state index contributed by atoms with van der Waals surface area (Å²) < 4.78 is 1.58. The number of fused-ring (bicyclic) bond motifs is 2. The Kier molecular flexibility index (Phi) is 5.67. The number of amides is 1. The van der Waals surface area contributed by atoms with Gasteiger partial charge >= 0.3 is 0 Å². The van der Waals surface area contributed by atoms with Crippen LogP contribution in [0.15, 0.2) is 27.7 Å². The van der Waals surface area contributed by atoms with Gasteiger partial charge in [-0.15, -0.1) is 0 Å². The number of likely N-dealkylation sites (tertiary alicyclic amines) is 1. The molecule has 1 fully saturated rings. The molecular weight excluding hydrogens is 410 g/mol. The summed E-state index contributed by atoms with van der Waals surface area (Å²) in [4.78, 5) is 34.6. The minimum Gasteiger partial charge on any atom is -0.338 e. The second-order valence-corrected chi connectivity index (χ2v) is 9.52. The Labute approximate surface area is 185 Å². The quantitative estimate of drug-likeness (QED) is 0.663. The van der Waals surface area contributed by atoms with E-state index in [0.29, 0.717) is 43.1 Å². The average molecular weight is 440 g/mol. The maximum atomic E-state index is 13.2. The Morgan fingerprint density at radius 2 is 2.13 bits per heavy atom. The molecule has 3 aromatic heterocycles. The smallest absolute Gasteiger partial charge is 0.277 e. The van der Waals surface area contributed by atoms with E-state index in [2.05, 4.69) is 32.9 Å². The Hall–Kier alpha value is -2.45. The molecule has 1 amide bonds. The van der Waals surface area contributed by atoms with Gasteiger partial charge in [0.2, 0.25) is 5.91 Å². The average Bonchev–Trinajstić information content (AvgIpc) is 3.44. The number of carbonyl (C=O) groups is 1. The van der Waals surface area contributed by atoms with Crippen LogP contribution in [0, 0.1) is 0 Å². The molecule has 0 saturated carbocycles. The maximum Gasteiger partial charge on any atom is 0.277 e. The van der Waals surface area contributed by atoms with Gasteiger partial charge in [0.15, 0.2) is 5.65 Å². The summed E-state index contributed by atoms with van der Waals surface area (Å²) in [7, 11) is 0. The first kappa shape index (κ1) is 20.5. The van der Waals surface area contributed by atoms with E-state index in [1.165, 1.54) is 5.56 Å². The molecule has 5 rings (SSSR count). The van der Waals surface area contributed by atoms with E-state index in [1.807, 2.05) is 6.92 Å². The van der Waals surface area contributed by atoms with Crippen LogP contribution >= 0.6 is 11.3 Å². The summed E-state index contributed by atoms with van der Waals surface area (Å²) in [5, 5.41) is 7.69. The van der Waals surface area contributed by atoms with Crippen molar-refractivity contribution in [2.45, 2.75) is 58.0 Å². The van der Waals surface area contributed by atoms with Crippen molar-refractivity contribution < 1.29 is 4.79 Å². The number of hydrogen-bond acceptors (Lipinski definition) is 5. The van der Waals surface area contributed by atoms with Gasteiger partial charge in [-0.05, 0) is 54.7 Å². The summed E-state index contributed by atoms with van der Waals surface area (Å²) in [6.07, 6.45) is 4.15. The van der Waals surface area contributed by atoms with E-state index in [0.717, 1.165) is 50.3 Å². The summed E-state index contributed by atoms with van der Waals surface area (Å²) in [6.45, 7) is 6.16. The highest BCUT2D eigenvalue weighted by molar-refractivity contribution is 7.07. The zero-order chi connectivity index (χ0) is 21.4. The van der Waals surface area contributed by atoms with Crippen molar-refractivity contribution in [1.29, 1.82) is 0 Å². The topological polar surface area (TPSA) is 73.7 Å². The summed E-state index contributed by atoms with van der Waals surface area (Å²) in [5.74, 6) is 0.540. The molecule has 2 aliphatic rings. The lowest BCUT2D eigenvalue weighted by Gasteiger charge is -2.31. The maximum absolute atomic E-state index is 13.2. The molecule has 8 heteroatoms. The van der Waals surface area contributed by atoms with Gasteiger partial charge in [0.05, 0.1) is 17.8 Å². The van der Waals surface area contributed by atoms with Crippen molar-refractivity contribution in [1.82, 2.24) is 24.4 Å². The molecule has 0 radical (unpaired) electrons. The van der Waals surface area contributed by atoms with Gasteiger partial charge in [0.1, 0.15) is 0 Å².